The van der Waals surface area contributed by atoms with Gasteiger partial charge in [0.1, 0.15) is 0 Å². The van der Waals surface area contributed by atoms with Gasteiger partial charge in [0.05, 0.1) is 16.7 Å². The first-order valence-electron chi connectivity index (χ1n) is 5.59. The standard InChI is InChI=1S/C13H12N4S/c14-9-5-6-15-10(7-9)8-18-13-16-11-3-1-2-4-12(11)17-13/h1-7H,8H2,(H2,14,15)(H,16,17). The predicted molar refractivity (Wildman–Crippen MR) is 74.3 cm³/mol. The van der Waals surface area contributed by atoms with E-state index in [2.05, 4.69) is 15.0 Å². The lowest BCUT2D eigenvalue weighted by Gasteiger charge is -1.99. The zero-order valence-electron chi connectivity index (χ0n) is 9.63. The second-order valence-corrected chi connectivity index (χ2v) is 4.89. The third-order valence-electron chi connectivity index (χ3n) is 2.57. The van der Waals surface area contributed by atoms with Gasteiger partial charge in [-0.15, -0.1) is 0 Å². The van der Waals surface area contributed by atoms with E-state index in [1.54, 1.807) is 24.0 Å². The van der Waals surface area contributed by atoms with Crippen LogP contribution in [0.5, 0.6) is 0 Å². The Bertz CT molecular complexity index is 644. The first-order valence-corrected chi connectivity index (χ1v) is 6.58. The summed E-state index contributed by atoms with van der Waals surface area (Å²) in [6.45, 7) is 0. The Kier molecular flexibility index (Phi) is 2.90. The Balaban J connectivity index is 1.76. The van der Waals surface area contributed by atoms with Crippen molar-refractivity contribution in [2.24, 2.45) is 0 Å². The van der Waals surface area contributed by atoms with E-state index in [0.717, 1.165) is 33.3 Å². The SMILES string of the molecule is Nc1ccnc(CSc2nc3ccccc3[nH]2)c1. The van der Waals surface area contributed by atoms with Crippen LogP contribution in [-0.4, -0.2) is 15.0 Å². The van der Waals surface area contributed by atoms with Gasteiger partial charge in [-0.05, 0) is 24.3 Å². The highest BCUT2D eigenvalue weighted by atomic mass is 32.2. The summed E-state index contributed by atoms with van der Waals surface area (Å²) in [4.78, 5) is 12.0. The minimum Gasteiger partial charge on any atom is -0.399 e. The Morgan fingerprint density at radius 3 is 2.94 bits per heavy atom. The lowest BCUT2D eigenvalue weighted by atomic mass is 10.3. The van der Waals surface area contributed by atoms with E-state index in [1.807, 2.05) is 30.3 Å². The monoisotopic (exact) mass is 256 g/mol. The summed E-state index contributed by atoms with van der Waals surface area (Å²) in [5.74, 6) is 0.755. The van der Waals surface area contributed by atoms with Crippen molar-refractivity contribution in [2.75, 3.05) is 5.73 Å². The fraction of sp³-hybridized carbons (Fsp3) is 0.0769. The molecule has 0 bridgehead atoms. The number of fused-ring (bicyclic) bond motifs is 1. The average Bonchev–Trinajstić information content (AvgIpc) is 2.79. The summed E-state index contributed by atoms with van der Waals surface area (Å²) >= 11 is 1.62. The molecule has 0 fully saturated rings. The van der Waals surface area contributed by atoms with Crippen LogP contribution in [0.2, 0.25) is 0 Å². The van der Waals surface area contributed by atoms with Crippen molar-refractivity contribution in [1.29, 1.82) is 0 Å². The van der Waals surface area contributed by atoms with Crippen molar-refractivity contribution in [3.05, 3.63) is 48.3 Å². The largest absolute Gasteiger partial charge is 0.399 e. The van der Waals surface area contributed by atoms with Crippen molar-refractivity contribution < 1.29 is 0 Å². The van der Waals surface area contributed by atoms with Gasteiger partial charge in [0, 0.05) is 17.6 Å². The van der Waals surface area contributed by atoms with Crippen LogP contribution < -0.4 is 5.73 Å². The Hall–Kier alpha value is -2.01. The number of anilines is 1. The van der Waals surface area contributed by atoms with Gasteiger partial charge in [-0.25, -0.2) is 4.98 Å². The molecule has 4 nitrogen and oxygen atoms in total. The van der Waals surface area contributed by atoms with E-state index in [-0.39, 0.29) is 0 Å². The van der Waals surface area contributed by atoms with E-state index < -0.39 is 0 Å². The molecule has 0 aliphatic heterocycles. The van der Waals surface area contributed by atoms with Gasteiger partial charge >= 0.3 is 0 Å². The number of para-hydroxylation sites is 2. The van der Waals surface area contributed by atoms with Gasteiger partial charge in [-0.2, -0.15) is 0 Å². The fourth-order valence-electron chi connectivity index (χ4n) is 1.72. The maximum absolute atomic E-state index is 5.72. The molecule has 0 saturated carbocycles. The first-order chi connectivity index (χ1) is 8.81. The summed E-state index contributed by atoms with van der Waals surface area (Å²) in [6.07, 6.45) is 1.73. The molecule has 2 heterocycles. The molecule has 0 atom stereocenters. The minimum absolute atomic E-state index is 0.741. The molecule has 5 heteroatoms. The molecule has 90 valence electrons. The first kappa shape index (κ1) is 11.1. The Labute approximate surface area is 109 Å². The minimum atomic E-state index is 0.741. The normalized spacial score (nSPS) is 10.9. The average molecular weight is 256 g/mol. The highest BCUT2D eigenvalue weighted by molar-refractivity contribution is 7.98. The molecule has 0 saturated heterocycles. The number of thioether (sulfide) groups is 1. The van der Waals surface area contributed by atoms with Crippen LogP contribution in [0.4, 0.5) is 5.69 Å². The summed E-state index contributed by atoms with van der Waals surface area (Å²) < 4.78 is 0. The number of nitrogens with one attached hydrogen (secondary N) is 1. The van der Waals surface area contributed by atoms with Crippen LogP contribution in [-0.2, 0) is 5.75 Å². The molecular formula is C13H12N4S. The topological polar surface area (TPSA) is 67.6 Å². The van der Waals surface area contributed by atoms with E-state index >= 15 is 0 Å². The molecule has 0 amide bonds. The fourth-order valence-corrected chi connectivity index (χ4v) is 2.50. The van der Waals surface area contributed by atoms with E-state index in [0.29, 0.717) is 0 Å². The van der Waals surface area contributed by atoms with Gasteiger partial charge in [-0.3, -0.25) is 4.98 Å². The number of pyridine rings is 1. The highest BCUT2D eigenvalue weighted by Crippen LogP contribution is 2.22. The number of benzene rings is 1. The van der Waals surface area contributed by atoms with Crippen molar-refractivity contribution in [2.45, 2.75) is 10.9 Å². The molecule has 18 heavy (non-hydrogen) atoms. The second-order valence-electron chi connectivity index (χ2n) is 3.93. The van der Waals surface area contributed by atoms with Crippen LogP contribution in [0, 0.1) is 0 Å². The van der Waals surface area contributed by atoms with Crippen LogP contribution in [0.25, 0.3) is 11.0 Å². The van der Waals surface area contributed by atoms with Gasteiger partial charge < -0.3 is 10.7 Å². The zero-order valence-corrected chi connectivity index (χ0v) is 10.4. The quantitative estimate of drug-likeness (QED) is 0.707. The summed E-state index contributed by atoms with van der Waals surface area (Å²) in [5, 5.41) is 0.903. The van der Waals surface area contributed by atoms with Gasteiger partial charge in [-0.1, -0.05) is 23.9 Å². The number of aromatic nitrogens is 3. The van der Waals surface area contributed by atoms with Gasteiger partial charge in [0.15, 0.2) is 5.16 Å². The number of rotatable bonds is 3. The summed E-state index contributed by atoms with van der Waals surface area (Å²) in [6, 6.07) is 11.7. The molecule has 2 aromatic heterocycles. The van der Waals surface area contributed by atoms with Gasteiger partial charge in [0.2, 0.25) is 0 Å². The molecule has 0 aliphatic rings. The maximum Gasteiger partial charge on any atom is 0.166 e. The van der Waals surface area contributed by atoms with Crippen LogP contribution in [0.1, 0.15) is 5.69 Å². The van der Waals surface area contributed by atoms with E-state index in [1.165, 1.54) is 0 Å². The van der Waals surface area contributed by atoms with Gasteiger partial charge in [0.25, 0.3) is 0 Å². The Morgan fingerprint density at radius 1 is 1.22 bits per heavy atom. The number of H-pyrrole nitrogens is 1. The van der Waals surface area contributed by atoms with E-state index in [4.69, 9.17) is 5.73 Å². The van der Waals surface area contributed by atoms with Crippen molar-refractivity contribution >= 4 is 28.5 Å². The van der Waals surface area contributed by atoms with Crippen LogP contribution in [0.3, 0.4) is 0 Å². The highest BCUT2D eigenvalue weighted by Gasteiger charge is 2.03. The van der Waals surface area contributed by atoms with Crippen molar-refractivity contribution in [3.8, 4) is 0 Å². The zero-order chi connectivity index (χ0) is 12.4. The molecule has 0 aliphatic carbocycles. The number of nitrogens with zero attached hydrogens (tertiary/aromatic N) is 2. The molecule has 3 rings (SSSR count). The number of imidazole rings is 1. The number of hydrogen-bond acceptors (Lipinski definition) is 4. The maximum atomic E-state index is 5.72. The predicted octanol–water partition coefficient (Wildman–Crippen LogP) is 2.83. The summed E-state index contributed by atoms with van der Waals surface area (Å²) in [7, 11) is 0. The molecule has 0 radical (unpaired) electrons. The number of hydrogen-bond donors (Lipinski definition) is 2. The molecule has 1 aromatic carbocycles. The lowest BCUT2D eigenvalue weighted by Crippen LogP contribution is -1.90. The number of nitrogens with two attached hydrogens (primary N) is 1. The van der Waals surface area contributed by atoms with E-state index in [9.17, 15) is 0 Å². The lowest BCUT2D eigenvalue weighted by molar-refractivity contribution is 1.07. The third kappa shape index (κ3) is 2.31. The second kappa shape index (κ2) is 4.70. The van der Waals surface area contributed by atoms with Crippen LogP contribution >= 0.6 is 11.8 Å². The molecular weight excluding hydrogens is 244 g/mol. The third-order valence-corrected chi connectivity index (χ3v) is 3.47. The number of aromatic amines is 1. The molecule has 3 aromatic rings. The number of nitrogen functional groups attached to an aromatic ring is 1. The molecule has 0 unspecified atom stereocenters. The van der Waals surface area contributed by atoms with Crippen molar-refractivity contribution in [3.63, 3.8) is 0 Å². The summed E-state index contributed by atoms with van der Waals surface area (Å²) in [5.41, 5.74) is 9.46. The molecule has 3 N–H and O–H groups in total. The van der Waals surface area contributed by atoms with Crippen LogP contribution in [0.15, 0.2) is 47.8 Å². The Morgan fingerprint density at radius 2 is 2.11 bits per heavy atom. The smallest absolute Gasteiger partial charge is 0.166 e. The molecule has 0 spiro atoms. The van der Waals surface area contributed by atoms with Crippen molar-refractivity contribution in [1.82, 2.24) is 15.0 Å².